The zero-order valence-corrected chi connectivity index (χ0v) is 59.1. The van der Waals surface area contributed by atoms with E-state index in [0.717, 1.165) is 92.2 Å². The lowest BCUT2D eigenvalue weighted by Gasteiger charge is -2.44. The molecule has 102 heavy (non-hydrogen) atoms. The minimum absolute atomic E-state index is 0. The first-order valence-corrected chi connectivity index (χ1v) is 34.3. The lowest BCUT2D eigenvalue weighted by molar-refractivity contribution is -0.0937. The maximum Gasteiger partial charge on any atom is 0.338 e. The first kappa shape index (κ1) is 74.6. The third kappa shape index (κ3) is 16.4. The van der Waals surface area contributed by atoms with E-state index < -0.39 is 29.1 Å². The van der Waals surface area contributed by atoms with Gasteiger partial charge in [0.25, 0.3) is 0 Å². The molecule has 6 aliphatic carbocycles. The number of carbonyl (C=O) groups excluding carboxylic acids is 4. The summed E-state index contributed by atoms with van der Waals surface area (Å²) < 4.78 is 47.2. The van der Waals surface area contributed by atoms with E-state index in [4.69, 9.17) is 49.4 Å². The molecule has 8 aromatic rings. The van der Waals surface area contributed by atoms with Gasteiger partial charge in [-0.25, -0.2) is 24.4 Å². The van der Waals surface area contributed by atoms with E-state index in [1.165, 1.54) is 67.0 Å². The second kappa shape index (κ2) is 31.0. The number of methoxy groups -OCH3 is 7. The van der Waals surface area contributed by atoms with Crippen molar-refractivity contribution in [2.24, 2.45) is 35.5 Å². The molecule has 5 aromatic heterocycles. The molecule has 6 aliphatic rings. The molecule has 0 atom stereocenters. The number of rotatable bonds is 23. The summed E-state index contributed by atoms with van der Waals surface area (Å²) in [6.07, 6.45) is 12.8. The van der Waals surface area contributed by atoms with Crippen LogP contribution < -0.4 is 25.3 Å². The van der Waals surface area contributed by atoms with Gasteiger partial charge in [-0.1, -0.05) is 7.43 Å². The van der Waals surface area contributed by atoms with Crippen molar-refractivity contribution >= 4 is 57.6 Å². The molecule has 0 saturated heterocycles. The fourth-order valence-corrected chi connectivity index (χ4v) is 14.6. The van der Waals surface area contributed by atoms with Crippen molar-refractivity contribution in [2.45, 2.75) is 155 Å². The van der Waals surface area contributed by atoms with Gasteiger partial charge in [0.15, 0.2) is 17.9 Å². The number of ether oxygens (including phenoxy) is 7. The van der Waals surface area contributed by atoms with Crippen LogP contribution in [0.2, 0.25) is 0 Å². The minimum Gasteiger partial charge on any atom is -0.494 e. The highest BCUT2D eigenvalue weighted by Crippen LogP contribution is 2.46. The zero-order valence-electron chi connectivity index (χ0n) is 59.1. The molecule has 0 aliphatic heterocycles. The van der Waals surface area contributed by atoms with E-state index in [2.05, 4.69) is 53.5 Å². The third-order valence-corrected chi connectivity index (χ3v) is 20.3. The van der Waals surface area contributed by atoms with Gasteiger partial charge >= 0.3 is 17.9 Å². The smallest absolute Gasteiger partial charge is 0.338 e. The molecule has 25 heteroatoms. The topological polar surface area (TPSA) is 333 Å². The number of aliphatic hydroxyl groups is 2. The number of carbonyl (C=O) groups is 4. The number of esters is 3. The van der Waals surface area contributed by atoms with E-state index in [-0.39, 0.29) is 13.0 Å². The van der Waals surface area contributed by atoms with Crippen LogP contribution in [0.25, 0.3) is 45.1 Å². The normalized spacial score (nSPS) is 21.3. The summed E-state index contributed by atoms with van der Waals surface area (Å²) in [4.78, 5) is 56.6. The molecule has 6 fully saturated rings. The average Bonchev–Trinajstić information content (AvgIpc) is 1.59. The van der Waals surface area contributed by atoms with Crippen molar-refractivity contribution in [1.29, 1.82) is 15.8 Å². The molecule has 5 N–H and O–H groups in total. The summed E-state index contributed by atoms with van der Waals surface area (Å²) >= 11 is 0. The largest absolute Gasteiger partial charge is 0.494 e. The Bertz CT molecular complexity index is 4530. The number of benzene rings is 3. The maximum absolute atomic E-state index is 12.3. The van der Waals surface area contributed by atoms with Crippen LogP contribution in [0.5, 0.6) is 17.2 Å². The Morgan fingerprint density at radius 3 is 1.28 bits per heavy atom. The first-order chi connectivity index (χ1) is 48.4. The van der Waals surface area contributed by atoms with Crippen LogP contribution in [-0.2, 0) is 51.7 Å². The van der Waals surface area contributed by atoms with Crippen LogP contribution in [0.4, 0.5) is 11.4 Å². The van der Waals surface area contributed by atoms with Crippen LogP contribution >= 0.6 is 0 Å². The maximum atomic E-state index is 12.3. The molecular formula is C77H94N12O13. The number of nitriles is 3. The number of hydrogen-bond acceptors (Lipinski definition) is 20. The molecule has 25 nitrogen and oxygen atoms in total. The number of imidazole rings is 2. The van der Waals surface area contributed by atoms with E-state index in [1.54, 1.807) is 69.9 Å². The molecule has 3 aromatic carbocycles. The van der Waals surface area contributed by atoms with Gasteiger partial charge < -0.3 is 77.3 Å². The monoisotopic (exact) mass is 1390 g/mol. The molecule has 0 radical (unpaired) electrons. The Balaban J connectivity index is 0.000000154. The molecule has 14 rings (SSSR count). The molecule has 0 spiro atoms. The first-order valence-electron chi connectivity index (χ1n) is 34.3. The van der Waals surface area contributed by atoms with Crippen molar-refractivity contribution < 1.29 is 62.5 Å². The minimum atomic E-state index is -0.635. The number of aldehydes is 1. The fourth-order valence-electron chi connectivity index (χ4n) is 14.6. The number of aromatic nitrogens is 7. The van der Waals surface area contributed by atoms with Crippen LogP contribution in [0.15, 0.2) is 72.8 Å². The zero-order chi connectivity index (χ0) is 72.2. The lowest BCUT2D eigenvalue weighted by Crippen LogP contribution is -2.44. The van der Waals surface area contributed by atoms with Crippen LogP contribution in [0.1, 0.15) is 164 Å². The molecule has 0 bridgehead atoms. The van der Waals surface area contributed by atoms with Crippen molar-refractivity contribution in [3.63, 3.8) is 0 Å². The predicted molar refractivity (Wildman–Crippen MR) is 383 cm³/mol. The van der Waals surface area contributed by atoms with Crippen molar-refractivity contribution in [1.82, 2.24) is 32.8 Å². The highest BCUT2D eigenvalue weighted by atomic mass is 16.5. The van der Waals surface area contributed by atoms with Gasteiger partial charge in [0.1, 0.15) is 69.3 Å². The summed E-state index contributed by atoms with van der Waals surface area (Å²) in [5, 5.41) is 51.4. The van der Waals surface area contributed by atoms with Gasteiger partial charge in [-0.15, -0.1) is 0 Å². The standard InChI is InChI=1S/C26H30N4O4.C25H28N4O4.C15H22N2O4.C10H10N2O.CH4/c1-26(34-4)11-17(12-26)15-30-23-20(9-18(25(31)33-3)10-22(23)32-2)28-24(30)21-8-7-19(13-27)29(21)14-16-5-6-16;1-25(31)10-16(11-25)14-29-22-19(8-17(24(30)33-3)9-21(22)32-2)27-23(29)20-7-6-18(12-26)28(20)13-15-4-5-15;1-15(19)6-9(7-15)8-17-13-11(16)4-10(14(18)21-3)5-12(13)20-2;11-5-9-3-4-10(7-13)12(9)6-8-1-2-8;/h7-10,16-17H,5-6,11-12,14-15H2,1-4H3;6-9,15-16,31H,4-5,10-11,13-14H2,1-3H3;4-5,9,17,19H,6-8,16H2,1-3H3;3-4,7-8H,1-2,6H2;1H4. The Morgan fingerprint density at radius 1 is 0.529 bits per heavy atom. The van der Waals surface area contributed by atoms with Gasteiger partial charge in [-0.05, 0) is 206 Å². The summed E-state index contributed by atoms with van der Waals surface area (Å²) in [6, 6.07) is 27.8. The van der Waals surface area contributed by atoms with Gasteiger partial charge in [0, 0.05) is 46.4 Å². The highest BCUT2D eigenvalue weighted by Gasteiger charge is 2.43. The molecule has 0 unspecified atom stereocenters. The third-order valence-electron chi connectivity index (χ3n) is 20.3. The molecule has 6 saturated carbocycles. The fraction of sp³-hybridized carbons (Fsp3) is 0.494. The van der Waals surface area contributed by atoms with E-state index >= 15 is 0 Å². The van der Waals surface area contributed by atoms with Gasteiger partial charge in [-0.2, -0.15) is 15.8 Å². The quantitative estimate of drug-likeness (QED) is 0.0200. The summed E-state index contributed by atoms with van der Waals surface area (Å²) in [5.41, 5.74) is 14.1. The molecular weight excluding hydrogens is 1300 g/mol. The molecule has 5 heterocycles. The highest BCUT2D eigenvalue weighted by molar-refractivity contribution is 5.98. The Labute approximate surface area is 594 Å². The second-order valence-electron chi connectivity index (χ2n) is 28.6. The van der Waals surface area contributed by atoms with Crippen molar-refractivity contribution in [3.05, 3.63) is 112 Å². The van der Waals surface area contributed by atoms with E-state index in [9.17, 15) is 39.9 Å². The Kier molecular flexibility index (Phi) is 22.7. The average molecular weight is 1400 g/mol. The van der Waals surface area contributed by atoms with Crippen LogP contribution in [0.3, 0.4) is 0 Å². The molecule has 540 valence electrons. The number of anilines is 2. The van der Waals surface area contributed by atoms with Crippen molar-refractivity contribution in [3.8, 4) is 58.5 Å². The number of nitrogens with two attached hydrogens (primary N) is 1. The van der Waals surface area contributed by atoms with Gasteiger partial charge in [0.2, 0.25) is 0 Å². The van der Waals surface area contributed by atoms with Gasteiger partial charge in [0.05, 0.1) is 110 Å². The summed E-state index contributed by atoms with van der Waals surface area (Å²) in [7, 11) is 10.5. The van der Waals surface area contributed by atoms with Gasteiger partial charge in [-0.3, -0.25) is 4.79 Å². The van der Waals surface area contributed by atoms with Crippen LogP contribution in [-0.4, -0.2) is 140 Å². The molecule has 0 amide bonds. The van der Waals surface area contributed by atoms with Crippen LogP contribution in [0, 0.1) is 69.5 Å². The lowest BCUT2D eigenvalue weighted by atomic mass is 9.72. The van der Waals surface area contributed by atoms with E-state index in [1.807, 2.05) is 42.7 Å². The Morgan fingerprint density at radius 2 is 0.902 bits per heavy atom. The summed E-state index contributed by atoms with van der Waals surface area (Å²) in [6.45, 7) is 10.4. The summed E-state index contributed by atoms with van der Waals surface area (Å²) in [5.74, 6) is 4.78. The number of fused-ring (bicyclic) bond motifs is 2. The predicted octanol–water partition coefficient (Wildman–Crippen LogP) is 12.0. The van der Waals surface area contributed by atoms with E-state index in [0.29, 0.717) is 141 Å². The second-order valence-corrected chi connectivity index (χ2v) is 28.6. The number of nitrogens with zero attached hydrogens (tertiary/aromatic N) is 10. The SMILES string of the molecule is C.COC(=O)c1cc(N)c(NCC2CC(C)(O)C2)c(OC)c1.COC(=O)c1cc(OC)c2c(c1)nc(-c1ccc(C#N)n1CC1CC1)n2CC1CC(C)(O)C1.COC(=O)c1cc(OC)c2c(c1)nc(-c1ccc(C#N)n1CC1CC1)n2CC1CC(C)(OC)C1.N#Cc1ccc(C=O)n1CC1CC1. The number of hydrogen-bond donors (Lipinski definition) is 4. The number of nitrogens with one attached hydrogen (secondary N) is 1. The number of nitrogen functional groups attached to an aromatic ring is 1. The Hall–Kier alpha value is -10.1. The van der Waals surface area contributed by atoms with Crippen molar-refractivity contribution in [2.75, 3.05) is 67.4 Å².